The van der Waals surface area contributed by atoms with Crippen LogP contribution in [0, 0.1) is 5.82 Å². The SMILES string of the molecule is CNC1(c2ccc(F)c(C(C)(C)C)c2)CCC1.O=C(O)C(F)(F)F. The largest absolute Gasteiger partial charge is 0.490 e. The highest BCUT2D eigenvalue weighted by Crippen LogP contribution is 2.42. The molecule has 0 saturated heterocycles. The molecule has 1 aliphatic carbocycles. The summed E-state index contributed by atoms with van der Waals surface area (Å²) in [7, 11) is 2.00. The van der Waals surface area contributed by atoms with Crippen LogP contribution >= 0.6 is 0 Å². The minimum Gasteiger partial charge on any atom is -0.475 e. The Morgan fingerprint density at radius 3 is 2.00 bits per heavy atom. The van der Waals surface area contributed by atoms with E-state index in [9.17, 15) is 17.6 Å². The highest BCUT2D eigenvalue weighted by atomic mass is 19.4. The maximum Gasteiger partial charge on any atom is 0.490 e. The van der Waals surface area contributed by atoms with E-state index in [1.165, 1.54) is 12.0 Å². The minimum atomic E-state index is -5.08. The molecule has 1 saturated carbocycles. The van der Waals surface area contributed by atoms with Crippen LogP contribution in [-0.4, -0.2) is 24.3 Å². The molecule has 0 amide bonds. The Labute approximate surface area is 139 Å². The summed E-state index contributed by atoms with van der Waals surface area (Å²) in [5.41, 5.74) is 2.00. The maximum absolute atomic E-state index is 13.9. The molecule has 0 radical (unpaired) electrons. The summed E-state index contributed by atoms with van der Waals surface area (Å²) < 4.78 is 45.6. The highest BCUT2D eigenvalue weighted by molar-refractivity contribution is 5.73. The molecular weight excluding hydrogens is 326 g/mol. The molecule has 0 aromatic heterocycles. The Morgan fingerprint density at radius 2 is 1.71 bits per heavy atom. The number of carboxylic acid groups (broad SMARTS) is 1. The van der Waals surface area contributed by atoms with Gasteiger partial charge in [0.2, 0.25) is 0 Å². The molecule has 0 heterocycles. The van der Waals surface area contributed by atoms with Gasteiger partial charge in [-0.1, -0.05) is 32.9 Å². The first kappa shape index (κ1) is 20.4. The fourth-order valence-corrected chi connectivity index (χ4v) is 2.61. The molecule has 1 aromatic rings. The zero-order chi connectivity index (χ0) is 18.8. The van der Waals surface area contributed by atoms with Gasteiger partial charge in [-0.3, -0.25) is 0 Å². The fourth-order valence-electron chi connectivity index (χ4n) is 2.61. The van der Waals surface area contributed by atoms with Gasteiger partial charge in [-0.15, -0.1) is 0 Å². The minimum absolute atomic E-state index is 0.0909. The number of hydrogen-bond donors (Lipinski definition) is 2. The molecule has 1 aromatic carbocycles. The molecule has 0 spiro atoms. The molecule has 3 nitrogen and oxygen atoms in total. The third-order valence-electron chi connectivity index (χ3n) is 4.26. The summed E-state index contributed by atoms with van der Waals surface area (Å²) in [4.78, 5) is 8.90. The number of halogens is 4. The molecule has 136 valence electrons. The van der Waals surface area contributed by atoms with E-state index in [0.717, 1.165) is 18.4 Å². The number of benzene rings is 1. The maximum atomic E-state index is 13.9. The van der Waals surface area contributed by atoms with Crippen molar-refractivity contribution in [2.24, 2.45) is 0 Å². The van der Waals surface area contributed by atoms with Crippen molar-refractivity contribution in [3.8, 4) is 0 Å². The van der Waals surface area contributed by atoms with Crippen LogP contribution in [0.1, 0.15) is 51.2 Å². The first-order valence-corrected chi connectivity index (χ1v) is 7.63. The van der Waals surface area contributed by atoms with Crippen LogP contribution < -0.4 is 5.32 Å². The lowest BCUT2D eigenvalue weighted by atomic mass is 9.70. The lowest BCUT2D eigenvalue weighted by Crippen LogP contribution is -2.46. The quantitative estimate of drug-likeness (QED) is 0.780. The zero-order valence-corrected chi connectivity index (χ0v) is 14.2. The van der Waals surface area contributed by atoms with E-state index in [1.807, 2.05) is 19.2 Å². The first-order chi connectivity index (χ1) is 10.8. The van der Waals surface area contributed by atoms with Crippen molar-refractivity contribution in [2.45, 2.75) is 57.2 Å². The number of alkyl halides is 3. The van der Waals surface area contributed by atoms with Gasteiger partial charge < -0.3 is 10.4 Å². The average molecular weight is 349 g/mol. The lowest BCUT2D eigenvalue weighted by Gasteiger charge is -2.43. The zero-order valence-electron chi connectivity index (χ0n) is 14.2. The molecule has 1 fully saturated rings. The Kier molecular flexibility index (Phi) is 6.03. The van der Waals surface area contributed by atoms with Gasteiger partial charge in [0.1, 0.15) is 5.82 Å². The van der Waals surface area contributed by atoms with Gasteiger partial charge >= 0.3 is 12.1 Å². The van der Waals surface area contributed by atoms with E-state index >= 15 is 0 Å². The van der Waals surface area contributed by atoms with Gasteiger partial charge in [0.15, 0.2) is 0 Å². The molecule has 0 aliphatic heterocycles. The number of rotatable bonds is 2. The topological polar surface area (TPSA) is 49.3 Å². The average Bonchev–Trinajstić information content (AvgIpc) is 2.38. The van der Waals surface area contributed by atoms with E-state index < -0.39 is 12.1 Å². The van der Waals surface area contributed by atoms with Crippen LogP contribution in [0.2, 0.25) is 0 Å². The van der Waals surface area contributed by atoms with Gasteiger partial charge in [0.25, 0.3) is 0 Å². The molecule has 2 N–H and O–H groups in total. The molecule has 7 heteroatoms. The van der Waals surface area contributed by atoms with E-state index in [1.54, 1.807) is 6.07 Å². The van der Waals surface area contributed by atoms with Crippen molar-refractivity contribution in [3.63, 3.8) is 0 Å². The van der Waals surface area contributed by atoms with Gasteiger partial charge in [0.05, 0.1) is 0 Å². The van der Waals surface area contributed by atoms with Crippen LogP contribution in [0.25, 0.3) is 0 Å². The van der Waals surface area contributed by atoms with Crippen LogP contribution in [0.15, 0.2) is 18.2 Å². The van der Waals surface area contributed by atoms with E-state index in [4.69, 9.17) is 9.90 Å². The summed E-state index contributed by atoms with van der Waals surface area (Å²) in [6, 6.07) is 5.60. The third kappa shape index (κ3) is 4.69. The molecule has 1 aliphatic rings. The first-order valence-electron chi connectivity index (χ1n) is 7.63. The Bertz CT molecular complexity index is 582. The molecule has 0 bridgehead atoms. The molecule has 24 heavy (non-hydrogen) atoms. The summed E-state index contributed by atoms with van der Waals surface area (Å²) in [6.45, 7) is 6.17. The van der Waals surface area contributed by atoms with Gasteiger partial charge in [-0.25, -0.2) is 9.18 Å². The van der Waals surface area contributed by atoms with E-state index in [2.05, 4.69) is 26.1 Å². The predicted molar refractivity (Wildman–Crippen MR) is 83.4 cm³/mol. The number of carbonyl (C=O) groups is 1. The van der Waals surface area contributed by atoms with Crippen molar-refractivity contribution in [3.05, 3.63) is 35.1 Å². The van der Waals surface area contributed by atoms with Crippen molar-refractivity contribution in [2.75, 3.05) is 7.05 Å². The smallest absolute Gasteiger partial charge is 0.475 e. The Hall–Kier alpha value is -1.63. The summed E-state index contributed by atoms with van der Waals surface area (Å²) in [6.07, 6.45) is -1.53. The Morgan fingerprint density at radius 1 is 1.21 bits per heavy atom. The van der Waals surface area contributed by atoms with E-state index in [-0.39, 0.29) is 16.8 Å². The summed E-state index contributed by atoms with van der Waals surface area (Å²) >= 11 is 0. The number of nitrogens with one attached hydrogen (secondary N) is 1. The predicted octanol–water partition coefficient (Wildman–Crippen LogP) is 4.36. The van der Waals surface area contributed by atoms with Crippen molar-refractivity contribution in [1.82, 2.24) is 5.32 Å². The Balaban J connectivity index is 0.000000351. The van der Waals surface area contributed by atoms with Crippen LogP contribution in [-0.2, 0) is 15.7 Å². The van der Waals surface area contributed by atoms with Crippen LogP contribution in [0.4, 0.5) is 17.6 Å². The number of carboxylic acids is 1. The third-order valence-corrected chi connectivity index (χ3v) is 4.26. The van der Waals surface area contributed by atoms with Crippen molar-refractivity contribution >= 4 is 5.97 Å². The van der Waals surface area contributed by atoms with Gasteiger partial charge in [0, 0.05) is 5.54 Å². The normalized spacial score (nSPS) is 16.7. The molecular formula is C17H23F4NO2. The monoisotopic (exact) mass is 349 g/mol. The second kappa shape index (κ2) is 7.09. The standard InChI is InChI=1S/C15H22FN.C2HF3O2/c1-14(2,3)12-10-11(6-7-13(12)16)15(17-4)8-5-9-15;3-2(4,5)1(6)7/h6-7,10,17H,5,8-9H2,1-4H3;(H,6,7). The summed E-state index contributed by atoms with van der Waals surface area (Å²) in [5.74, 6) is -2.85. The lowest BCUT2D eigenvalue weighted by molar-refractivity contribution is -0.192. The highest BCUT2D eigenvalue weighted by Gasteiger charge is 2.38. The van der Waals surface area contributed by atoms with Crippen molar-refractivity contribution < 1.29 is 27.5 Å². The number of hydrogen-bond acceptors (Lipinski definition) is 2. The number of aliphatic carboxylic acids is 1. The van der Waals surface area contributed by atoms with Gasteiger partial charge in [-0.2, -0.15) is 13.2 Å². The summed E-state index contributed by atoms with van der Waals surface area (Å²) in [5, 5.41) is 10.5. The van der Waals surface area contributed by atoms with Crippen LogP contribution in [0.5, 0.6) is 0 Å². The molecule has 0 unspecified atom stereocenters. The molecule has 2 rings (SSSR count). The second-order valence-corrected chi connectivity index (χ2v) is 6.93. The molecule has 0 atom stereocenters. The van der Waals surface area contributed by atoms with Crippen LogP contribution in [0.3, 0.4) is 0 Å². The van der Waals surface area contributed by atoms with Crippen molar-refractivity contribution in [1.29, 1.82) is 0 Å². The van der Waals surface area contributed by atoms with Gasteiger partial charge in [-0.05, 0) is 48.9 Å². The second-order valence-electron chi connectivity index (χ2n) is 6.93. The fraction of sp³-hybridized carbons (Fsp3) is 0.588. The van der Waals surface area contributed by atoms with E-state index in [0.29, 0.717) is 0 Å².